The third-order valence-corrected chi connectivity index (χ3v) is 6.83. The highest BCUT2D eigenvalue weighted by Crippen LogP contribution is 2.27. The van der Waals surface area contributed by atoms with Crippen LogP contribution in [0.4, 0.5) is 5.13 Å². The van der Waals surface area contributed by atoms with Gasteiger partial charge in [0.2, 0.25) is 5.91 Å². The molecule has 1 aliphatic rings. The van der Waals surface area contributed by atoms with E-state index in [4.69, 9.17) is 4.74 Å². The van der Waals surface area contributed by atoms with E-state index in [1.807, 2.05) is 12.3 Å². The number of halogens is 1. The molecule has 0 aliphatic carbocycles. The Morgan fingerprint density at radius 3 is 3.03 bits per heavy atom. The average molecular weight is 480 g/mol. The number of rotatable bonds is 9. The number of amides is 1. The van der Waals surface area contributed by atoms with Crippen molar-refractivity contribution in [1.82, 2.24) is 9.88 Å². The number of piperidine rings is 1. The predicted octanol–water partition coefficient (Wildman–Crippen LogP) is 5.64. The standard InChI is InChI=1S/C22H30BrN3O2S/c1-3-17-9-10-20(19(23)13-17)28-12-6-8-21(27)25-22-24-14-18(29-22)15-26-11-5-4-7-16(26)2/h9-10,13-14,16H,3-8,11-12,15H2,1-2H3,(H,24,25,27). The number of likely N-dealkylation sites (tertiary alicyclic amines) is 1. The molecule has 0 saturated carbocycles. The first-order valence-electron chi connectivity index (χ1n) is 10.4. The van der Waals surface area contributed by atoms with Crippen LogP contribution >= 0.6 is 27.3 Å². The van der Waals surface area contributed by atoms with Gasteiger partial charge in [-0.25, -0.2) is 4.98 Å². The third kappa shape index (κ3) is 6.79. The molecule has 1 saturated heterocycles. The molecule has 1 atom stereocenters. The number of ether oxygens (including phenoxy) is 1. The number of anilines is 1. The van der Waals surface area contributed by atoms with E-state index in [-0.39, 0.29) is 5.91 Å². The summed E-state index contributed by atoms with van der Waals surface area (Å²) in [6, 6.07) is 6.75. The molecular weight excluding hydrogens is 450 g/mol. The van der Waals surface area contributed by atoms with Crippen molar-refractivity contribution in [2.24, 2.45) is 0 Å². The zero-order chi connectivity index (χ0) is 20.6. The van der Waals surface area contributed by atoms with E-state index in [2.05, 4.69) is 57.1 Å². The first kappa shape index (κ1) is 22.2. The topological polar surface area (TPSA) is 54.5 Å². The van der Waals surface area contributed by atoms with Gasteiger partial charge in [0.15, 0.2) is 5.13 Å². The monoisotopic (exact) mass is 479 g/mol. The molecule has 2 heterocycles. The van der Waals surface area contributed by atoms with Crippen molar-refractivity contribution < 1.29 is 9.53 Å². The maximum Gasteiger partial charge on any atom is 0.226 e. The number of hydrogen-bond acceptors (Lipinski definition) is 5. The number of nitrogens with one attached hydrogen (secondary N) is 1. The van der Waals surface area contributed by atoms with Crippen molar-refractivity contribution in [3.8, 4) is 5.75 Å². The fourth-order valence-corrected chi connectivity index (χ4v) is 4.90. The summed E-state index contributed by atoms with van der Waals surface area (Å²) in [7, 11) is 0. The third-order valence-electron chi connectivity index (χ3n) is 5.31. The lowest BCUT2D eigenvalue weighted by atomic mass is 10.0. The first-order valence-corrected chi connectivity index (χ1v) is 12.1. The molecule has 0 bridgehead atoms. The maximum absolute atomic E-state index is 12.2. The van der Waals surface area contributed by atoms with Gasteiger partial charge in [-0.3, -0.25) is 9.69 Å². The molecule has 1 amide bonds. The summed E-state index contributed by atoms with van der Waals surface area (Å²) in [4.78, 5) is 20.3. The molecule has 1 aromatic heterocycles. The molecule has 158 valence electrons. The fourth-order valence-electron chi connectivity index (χ4n) is 3.51. The number of aryl methyl sites for hydroxylation is 1. The summed E-state index contributed by atoms with van der Waals surface area (Å²) in [6.07, 6.45) is 7.83. The Labute approximate surface area is 186 Å². The van der Waals surface area contributed by atoms with Gasteiger partial charge in [-0.05, 0) is 72.8 Å². The normalized spacial score (nSPS) is 17.3. The van der Waals surface area contributed by atoms with Crippen LogP contribution in [0.15, 0.2) is 28.9 Å². The van der Waals surface area contributed by atoms with Crippen molar-refractivity contribution in [3.63, 3.8) is 0 Å². The molecule has 1 aromatic carbocycles. The first-order chi connectivity index (χ1) is 14.0. The Kier molecular flexibility index (Phi) is 8.51. The molecule has 1 N–H and O–H groups in total. The van der Waals surface area contributed by atoms with Crippen LogP contribution in [-0.4, -0.2) is 35.0 Å². The number of thiazole rings is 1. The molecule has 3 rings (SSSR count). The van der Waals surface area contributed by atoms with E-state index in [1.165, 1.54) is 29.7 Å². The zero-order valence-electron chi connectivity index (χ0n) is 17.2. The van der Waals surface area contributed by atoms with Gasteiger partial charge in [-0.2, -0.15) is 0 Å². The predicted molar refractivity (Wildman–Crippen MR) is 123 cm³/mol. The zero-order valence-corrected chi connectivity index (χ0v) is 19.7. The molecule has 1 unspecified atom stereocenters. The van der Waals surface area contributed by atoms with E-state index < -0.39 is 0 Å². The molecule has 5 nitrogen and oxygen atoms in total. The summed E-state index contributed by atoms with van der Waals surface area (Å²) < 4.78 is 6.75. The highest BCUT2D eigenvalue weighted by molar-refractivity contribution is 9.10. The number of aromatic nitrogens is 1. The summed E-state index contributed by atoms with van der Waals surface area (Å²) in [5.41, 5.74) is 1.26. The Bertz CT molecular complexity index is 811. The van der Waals surface area contributed by atoms with Gasteiger partial charge in [0.25, 0.3) is 0 Å². The Morgan fingerprint density at radius 1 is 1.41 bits per heavy atom. The second kappa shape index (κ2) is 11.1. The van der Waals surface area contributed by atoms with Gasteiger partial charge in [0.05, 0.1) is 11.1 Å². The number of carbonyl (C=O) groups is 1. The lowest BCUT2D eigenvalue weighted by Gasteiger charge is -2.32. The molecule has 7 heteroatoms. The molecule has 2 aromatic rings. The Balaban J connectivity index is 1.38. The lowest BCUT2D eigenvalue weighted by Crippen LogP contribution is -2.36. The summed E-state index contributed by atoms with van der Waals surface area (Å²) in [6.45, 7) is 7.00. The van der Waals surface area contributed by atoms with Gasteiger partial charge in [0.1, 0.15) is 5.75 Å². The van der Waals surface area contributed by atoms with Crippen LogP contribution in [0.2, 0.25) is 0 Å². The van der Waals surface area contributed by atoms with Crippen LogP contribution in [0.25, 0.3) is 0 Å². The Morgan fingerprint density at radius 2 is 2.28 bits per heavy atom. The maximum atomic E-state index is 12.2. The highest BCUT2D eigenvalue weighted by atomic mass is 79.9. The number of benzene rings is 1. The second-order valence-corrected chi connectivity index (χ2v) is 9.54. The number of nitrogens with zero attached hydrogens (tertiary/aromatic N) is 2. The summed E-state index contributed by atoms with van der Waals surface area (Å²) in [5, 5.41) is 3.61. The SMILES string of the molecule is CCc1ccc(OCCCC(=O)Nc2ncc(CN3CCCCC3C)s2)c(Br)c1. The van der Waals surface area contributed by atoms with Gasteiger partial charge < -0.3 is 10.1 Å². The van der Waals surface area contributed by atoms with E-state index in [1.54, 1.807) is 11.3 Å². The van der Waals surface area contributed by atoms with Crippen LogP contribution in [-0.2, 0) is 17.8 Å². The van der Waals surface area contributed by atoms with E-state index in [9.17, 15) is 4.79 Å². The smallest absolute Gasteiger partial charge is 0.226 e. The van der Waals surface area contributed by atoms with Gasteiger partial charge in [0, 0.05) is 30.1 Å². The van der Waals surface area contributed by atoms with Gasteiger partial charge in [-0.15, -0.1) is 11.3 Å². The highest BCUT2D eigenvalue weighted by Gasteiger charge is 2.19. The summed E-state index contributed by atoms with van der Waals surface area (Å²) in [5.74, 6) is 0.806. The fraction of sp³-hybridized carbons (Fsp3) is 0.545. The minimum Gasteiger partial charge on any atom is -0.492 e. The van der Waals surface area contributed by atoms with Crippen LogP contribution in [0, 0.1) is 0 Å². The molecule has 0 spiro atoms. The number of hydrogen-bond donors (Lipinski definition) is 1. The van der Waals surface area contributed by atoms with E-state index in [0.717, 1.165) is 29.7 Å². The lowest BCUT2D eigenvalue weighted by molar-refractivity contribution is -0.116. The molecule has 1 fully saturated rings. The van der Waals surface area contributed by atoms with Crippen molar-refractivity contribution in [2.75, 3.05) is 18.5 Å². The minimum atomic E-state index is -0.0127. The molecule has 29 heavy (non-hydrogen) atoms. The minimum absolute atomic E-state index is 0.0127. The van der Waals surface area contributed by atoms with Crippen molar-refractivity contribution in [2.45, 2.75) is 65.0 Å². The summed E-state index contributed by atoms with van der Waals surface area (Å²) >= 11 is 5.12. The Hall–Kier alpha value is -1.44. The average Bonchev–Trinajstić information content (AvgIpc) is 3.14. The van der Waals surface area contributed by atoms with Crippen LogP contribution in [0.1, 0.15) is 56.4 Å². The number of carbonyl (C=O) groups excluding carboxylic acids is 1. The van der Waals surface area contributed by atoms with Crippen LogP contribution < -0.4 is 10.1 Å². The van der Waals surface area contributed by atoms with Gasteiger partial charge in [-0.1, -0.05) is 19.4 Å². The quantitative estimate of drug-likeness (QED) is 0.472. The van der Waals surface area contributed by atoms with Crippen molar-refractivity contribution in [1.29, 1.82) is 0 Å². The van der Waals surface area contributed by atoms with E-state index >= 15 is 0 Å². The van der Waals surface area contributed by atoms with Crippen LogP contribution in [0.5, 0.6) is 5.75 Å². The van der Waals surface area contributed by atoms with Gasteiger partial charge >= 0.3 is 0 Å². The second-order valence-electron chi connectivity index (χ2n) is 7.57. The van der Waals surface area contributed by atoms with E-state index in [0.29, 0.717) is 30.6 Å². The molecular formula is C22H30BrN3O2S. The largest absolute Gasteiger partial charge is 0.492 e. The van der Waals surface area contributed by atoms with Crippen LogP contribution in [0.3, 0.4) is 0 Å². The van der Waals surface area contributed by atoms with Crippen molar-refractivity contribution in [3.05, 3.63) is 39.3 Å². The molecule has 1 aliphatic heterocycles. The van der Waals surface area contributed by atoms with Crippen molar-refractivity contribution >= 4 is 38.3 Å². The molecule has 0 radical (unpaired) electrons.